The molecule has 20 heavy (non-hydrogen) atoms. The van der Waals surface area contributed by atoms with Gasteiger partial charge in [-0.2, -0.15) is 0 Å². The summed E-state index contributed by atoms with van der Waals surface area (Å²) in [5.41, 5.74) is 3.98. The van der Waals surface area contributed by atoms with Gasteiger partial charge in [0.2, 0.25) is 5.90 Å². The van der Waals surface area contributed by atoms with E-state index in [2.05, 4.69) is 10.5 Å². The van der Waals surface area contributed by atoms with Crippen molar-refractivity contribution in [2.24, 2.45) is 5.10 Å². The van der Waals surface area contributed by atoms with Gasteiger partial charge >= 0.3 is 0 Å². The number of hydrogen-bond acceptors (Lipinski definition) is 3. The highest BCUT2D eigenvalue weighted by Gasteiger charge is 2.26. The van der Waals surface area contributed by atoms with E-state index >= 15 is 0 Å². The molecule has 0 amide bonds. The summed E-state index contributed by atoms with van der Waals surface area (Å²) in [6.45, 7) is 0. The second-order valence-corrected chi connectivity index (χ2v) is 5.47. The lowest BCUT2D eigenvalue weighted by atomic mass is 10.2. The van der Waals surface area contributed by atoms with Gasteiger partial charge in [0.05, 0.1) is 15.1 Å². The van der Waals surface area contributed by atoms with Crippen molar-refractivity contribution < 1.29 is 4.74 Å². The molecule has 0 atom stereocenters. The molecule has 1 heterocycles. The molecule has 0 bridgehead atoms. The number of benzene rings is 2. The lowest BCUT2D eigenvalue weighted by Gasteiger charge is -2.21. The van der Waals surface area contributed by atoms with Crippen LogP contribution in [0.1, 0.15) is 5.56 Å². The fourth-order valence-corrected chi connectivity index (χ4v) is 2.65. The summed E-state index contributed by atoms with van der Waals surface area (Å²) in [7, 11) is 0. The van der Waals surface area contributed by atoms with Crippen LogP contribution in [0, 0.1) is 0 Å². The number of rotatable bonds is 1. The van der Waals surface area contributed by atoms with Gasteiger partial charge in [-0.05, 0) is 12.1 Å². The minimum absolute atomic E-state index is 0.146. The maximum absolute atomic E-state index is 6.15. The molecule has 1 N–H and O–H groups in total. The molecule has 2 aromatic rings. The van der Waals surface area contributed by atoms with Crippen molar-refractivity contribution in [2.45, 2.75) is 0 Å². The average molecular weight is 348 g/mol. The Morgan fingerprint density at radius 2 is 1.50 bits per heavy atom. The maximum Gasteiger partial charge on any atom is 0.243 e. The minimum atomic E-state index is 0.146. The second kappa shape index (κ2) is 5.34. The first-order chi connectivity index (χ1) is 9.59. The highest BCUT2D eigenvalue weighted by atomic mass is 35.5. The maximum atomic E-state index is 6.15. The zero-order chi connectivity index (χ0) is 14.3. The van der Waals surface area contributed by atoms with Gasteiger partial charge in [-0.3, -0.25) is 5.43 Å². The predicted octanol–water partition coefficient (Wildman–Crippen LogP) is 5.47. The molecule has 0 aromatic heterocycles. The average Bonchev–Trinajstić information content (AvgIpc) is 2.51. The van der Waals surface area contributed by atoms with Gasteiger partial charge < -0.3 is 4.74 Å². The van der Waals surface area contributed by atoms with E-state index in [-0.39, 0.29) is 20.1 Å². The molecule has 7 heteroatoms. The van der Waals surface area contributed by atoms with E-state index in [1.807, 2.05) is 30.3 Å². The molecule has 0 aliphatic carbocycles. The van der Waals surface area contributed by atoms with Crippen LogP contribution in [0.3, 0.4) is 0 Å². The van der Waals surface area contributed by atoms with E-state index in [0.717, 1.165) is 5.56 Å². The van der Waals surface area contributed by atoms with Crippen LogP contribution in [-0.2, 0) is 0 Å². The zero-order valence-corrected chi connectivity index (χ0v) is 12.8. The quantitative estimate of drug-likeness (QED) is 0.548. The Morgan fingerprint density at radius 3 is 2.20 bits per heavy atom. The standard InChI is InChI=1S/C13H6Cl4N2O/c14-7-8(15)10(17)12-11(9(7)16)18-19-13(20-12)6-4-2-1-3-5-6/h1-5,18H. The fraction of sp³-hybridized carbons (Fsp3) is 0. The molecule has 0 spiro atoms. The highest BCUT2D eigenvalue weighted by molar-refractivity contribution is 6.53. The van der Waals surface area contributed by atoms with E-state index in [4.69, 9.17) is 51.1 Å². The molecule has 0 saturated heterocycles. The molecular weight excluding hydrogens is 342 g/mol. The Kier molecular flexibility index (Phi) is 3.69. The summed E-state index contributed by atoms with van der Waals surface area (Å²) in [5.74, 6) is 0.675. The Morgan fingerprint density at radius 1 is 0.850 bits per heavy atom. The van der Waals surface area contributed by atoms with Crippen LogP contribution in [0.4, 0.5) is 5.69 Å². The molecule has 0 radical (unpaired) electrons. The van der Waals surface area contributed by atoms with Gasteiger partial charge in [0, 0.05) is 5.56 Å². The number of ether oxygens (including phenoxy) is 1. The van der Waals surface area contributed by atoms with Crippen LogP contribution in [0.5, 0.6) is 5.75 Å². The van der Waals surface area contributed by atoms with Gasteiger partial charge in [-0.1, -0.05) is 64.6 Å². The Hall–Kier alpha value is -1.13. The third kappa shape index (κ3) is 2.21. The molecule has 0 fully saturated rings. The van der Waals surface area contributed by atoms with Crippen molar-refractivity contribution in [1.82, 2.24) is 0 Å². The number of hydrogen-bond donors (Lipinski definition) is 1. The van der Waals surface area contributed by atoms with Gasteiger partial charge in [-0.25, -0.2) is 0 Å². The third-order valence-electron chi connectivity index (χ3n) is 2.71. The van der Waals surface area contributed by atoms with E-state index in [0.29, 0.717) is 17.3 Å². The molecule has 2 aromatic carbocycles. The Labute approximate surface area is 135 Å². The minimum Gasteiger partial charge on any atom is -0.433 e. The van der Waals surface area contributed by atoms with Crippen molar-refractivity contribution in [1.29, 1.82) is 0 Å². The van der Waals surface area contributed by atoms with Crippen LogP contribution in [0.2, 0.25) is 20.1 Å². The normalized spacial score (nSPS) is 13.1. The highest BCUT2D eigenvalue weighted by Crippen LogP contribution is 2.50. The van der Waals surface area contributed by atoms with Crippen molar-refractivity contribution in [3.63, 3.8) is 0 Å². The van der Waals surface area contributed by atoms with Crippen molar-refractivity contribution in [3.8, 4) is 5.75 Å². The smallest absolute Gasteiger partial charge is 0.243 e. The molecular formula is C13H6Cl4N2O. The van der Waals surface area contributed by atoms with Crippen LogP contribution in [-0.4, -0.2) is 5.90 Å². The van der Waals surface area contributed by atoms with Gasteiger partial charge in [-0.15, -0.1) is 5.10 Å². The fourth-order valence-electron chi connectivity index (χ4n) is 1.74. The molecule has 3 nitrogen and oxygen atoms in total. The molecule has 102 valence electrons. The van der Waals surface area contributed by atoms with Gasteiger partial charge in [0.25, 0.3) is 0 Å². The van der Waals surface area contributed by atoms with Crippen LogP contribution >= 0.6 is 46.4 Å². The molecule has 1 aliphatic rings. The number of fused-ring (bicyclic) bond motifs is 1. The zero-order valence-electron chi connectivity index (χ0n) is 9.75. The summed E-state index contributed by atoms with van der Waals surface area (Å²) in [6, 6.07) is 9.37. The number of nitrogens with one attached hydrogen (secondary N) is 1. The van der Waals surface area contributed by atoms with Crippen molar-refractivity contribution in [2.75, 3.05) is 5.43 Å². The Bertz CT molecular complexity index is 716. The molecule has 1 aliphatic heterocycles. The monoisotopic (exact) mass is 346 g/mol. The van der Waals surface area contributed by atoms with E-state index in [1.54, 1.807) is 0 Å². The summed E-state index contributed by atoms with van der Waals surface area (Å²) < 4.78 is 5.69. The lowest BCUT2D eigenvalue weighted by molar-refractivity contribution is 0.544. The molecule has 0 saturated carbocycles. The van der Waals surface area contributed by atoms with Gasteiger partial charge in [0.15, 0.2) is 5.75 Å². The first-order valence-electron chi connectivity index (χ1n) is 5.52. The lowest BCUT2D eigenvalue weighted by Crippen LogP contribution is -2.18. The van der Waals surface area contributed by atoms with E-state index < -0.39 is 0 Å². The second-order valence-electron chi connectivity index (χ2n) is 3.96. The summed E-state index contributed by atoms with van der Waals surface area (Å²) in [5, 5.41) is 4.82. The largest absolute Gasteiger partial charge is 0.433 e. The number of hydrazone groups is 1. The Balaban J connectivity index is 2.09. The predicted molar refractivity (Wildman–Crippen MR) is 83.7 cm³/mol. The summed E-state index contributed by atoms with van der Waals surface area (Å²) in [4.78, 5) is 0. The first kappa shape index (κ1) is 13.8. The summed E-state index contributed by atoms with van der Waals surface area (Å²) >= 11 is 24.2. The van der Waals surface area contributed by atoms with Crippen molar-refractivity contribution in [3.05, 3.63) is 56.0 Å². The molecule has 0 unspecified atom stereocenters. The number of anilines is 1. The van der Waals surface area contributed by atoms with Crippen LogP contribution < -0.4 is 10.2 Å². The van der Waals surface area contributed by atoms with Crippen molar-refractivity contribution >= 4 is 58.0 Å². The summed E-state index contributed by atoms with van der Waals surface area (Å²) in [6.07, 6.45) is 0. The van der Waals surface area contributed by atoms with E-state index in [9.17, 15) is 0 Å². The molecule has 3 rings (SSSR count). The topological polar surface area (TPSA) is 33.6 Å². The third-order valence-corrected chi connectivity index (χ3v) is 4.50. The van der Waals surface area contributed by atoms with Crippen LogP contribution in [0.25, 0.3) is 0 Å². The number of halogens is 4. The first-order valence-corrected chi connectivity index (χ1v) is 7.03. The van der Waals surface area contributed by atoms with Gasteiger partial charge in [0.1, 0.15) is 10.7 Å². The SMILES string of the molecule is Clc1c(Cl)c(Cl)c2c(c1Cl)NN=C(c1ccccc1)O2. The van der Waals surface area contributed by atoms with Crippen LogP contribution in [0.15, 0.2) is 35.4 Å². The van der Waals surface area contributed by atoms with E-state index in [1.165, 1.54) is 0 Å². The number of nitrogens with zero attached hydrogens (tertiary/aromatic N) is 1.